The molecule has 40 heavy (non-hydrogen) atoms. The summed E-state index contributed by atoms with van der Waals surface area (Å²) < 4.78 is 45.9. The Morgan fingerprint density at radius 2 is 1.57 bits per heavy atom. The maximum absolute atomic E-state index is 14.1. The lowest BCUT2D eigenvalue weighted by atomic mass is 10.3. The van der Waals surface area contributed by atoms with Gasteiger partial charge in [-0.3, -0.25) is 9.47 Å². The Hall–Kier alpha value is -4.08. The molecule has 0 bridgehead atoms. The first-order valence-electron chi connectivity index (χ1n) is 13.0. The summed E-state index contributed by atoms with van der Waals surface area (Å²) in [5.74, 6) is 0.0482. The van der Waals surface area contributed by atoms with Crippen LogP contribution in [-0.2, 0) is 9.47 Å². The van der Waals surface area contributed by atoms with E-state index in [2.05, 4.69) is 40.1 Å². The van der Waals surface area contributed by atoms with E-state index in [1.165, 1.54) is 4.57 Å². The lowest BCUT2D eigenvalue weighted by Crippen LogP contribution is -2.38. The van der Waals surface area contributed by atoms with Crippen molar-refractivity contribution < 1.29 is 23.0 Å². The van der Waals surface area contributed by atoms with Crippen molar-refractivity contribution in [3.8, 4) is 12.0 Å². The normalized spacial score (nSPS) is 16.5. The largest absolute Gasteiger partial charge is 0.462 e. The summed E-state index contributed by atoms with van der Waals surface area (Å²) in [6, 6.07) is 7.11. The number of morpholine rings is 2. The number of benzene rings is 1. The molecule has 0 radical (unpaired) electrons. The van der Waals surface area contributed by atoms with Crippen molar-refractivity contribution in [2.45, 2.75) is 6.43 Å². The van der Waals surface area contributed by atoms with Gasteiger partial charge in [-0.1, -0.05) is 12.1 Å². The molecule has 3 aromatic heterocycles. The Morgan fingerprint density at radius 1 is 0.875 bits per heavy atom. The zero-order valence-corrected chi connectivity index (χ0v) is 21.6. The molecular formula is C25H28F2N10O3. The fourth-order valence-corrected chi connectivity index (χ4v) is 4.49. The lowest BCUT2D eigenvalue weighted by molar-refractivity contribution is 0.0317. The zero-order chi connectivity index (χ0) is 27.3. The SMILES string of the molecule is FC(F)c1nc2ccccc2n1-c1nc(Nc2cnc(OCCN3CCOCC3)nc2)nc(N2CCOCC2)n1. The van der Waals surface area contributed by atoms with Gasteiger partial charge in [0.25, 0.3) is 6.43 Å². The number of ether oxygens (including phenoxy) is 3. The van der Waals surface area contributed by atoms with Crippen molar-refractivity contribution in [2.75, 3.05) is 76.0 Å². The highest BCUT2D eigenvalue weighted by Gasteiger charge is 2.24. The van der Waals surface area contributed by atoms with E-state index in [-0.39, 0.29) is 17.9 Å². The molecule has 6 rings (SSSR count). The van der Waals surface area contributed by atoms with Crippen LogP contribution in [0.2, 0.25) is 0 Å². The molecule has 0 amide bonds. The minimum absolute atomic E-state index is 0.0203. The Labute approximate surface area is 228 Å². The van der Waals surface area contributed by atoms with E-state index in [1.54, 1.807) is 36.7 Å². The molecule has 0 aliphatic carbocycles. The molecule has 1 N–H and O–H groups in total. The second-order valence-electron chi connectivity index (χ2n) is 9.14. The number of hydrogen-bond donors (Lipinski definition) is 1. The van der Waals surface area contributed by atoms with Crippen molar-refractivity contribution in [3.05, 3.63) is 42.5 Å². The first-order chi connectivity index (χ1) is 19.6. The number of nitrogens with zero attached hydrogens (tertiary/aromatic N) is 9. The fraction of sp³-hybridized carbons (Fsp3) is 0.440. The van der Waals surface area contributed by atoms with Gasteiger partial charge in [0.15, 0.2) is 5.82 Å². The van der Waals surface area contributed by atoms with Crippen LogP contribution in [0.1, 0.15) is 12.2 Å². The quantitative estimate of drug-likeness (QED) is 0.326. The minimum Gasteiger partial charge on any atom is -0.462 e. The molecule has 2 aliphatic heterocycles. The molecule has 1 aromatic carbocycles. The lowest BCUT2D eigenvalue weighted by Gasteiger charge is -2.27. The van der Waals surface area contributed by atoms with Crippen molar-refractivity contribution in [2.24, 2.45) is 0 Å². The number of rotatable bonds is 9. The number of halogens is 2. The van der Waals surface area contributed by atoms with Crippen molar-refractivity contribution in [1.82, 2.24) is 39.4 Å². The average Bonchev–Trinajstić information content (AvgIpc) is 3.39. The van der Waals surface area contributed by atoms with E-state index < -0.39 is 12.2 Å². The van der Waals surface area contributed by atoms with Gasteiger partial charge in [0.2, 0.25) is 17.8 Å². The maximum atomic E-state index is 14.1. The first-order valence-corrected chi connectivity index (χ1v) is 13.0. The van der Waals surface area contributed by atoms with Crippen molar-refractivity contribution in [1.29, 1.82) is 0 Å². The minimum atomic E-state index is -2.84. The highest BCUT2D eigenvalue weighted by Crippen LogP contribution is 2.28. The molecule has 5 heterocycles. The van der Waals surface area contributed by atoms with Gasteiger partial charge in [0, 0.05) is 32.7 Å². The van der Waals surface area contributed by atoms with Crippen LogP contribution < -0.4 is 15.0 Å². The number of fused-ring (bicyclic) bond motifs is 1. The predicted molar refractivity (Wildman–Crippen MR) is 141 cm³/mol. The second-order valence-corrected chi connectivity index (χ2v) is 9.14. The number of nitrogens with one attached hydrogen (secondary N) is 1. The van der Waals surface area contributed by atoms with E-state index in [0.29, 0.717) is 55.6 Å². The molecule has 0 unspecified atom stereocenters. The van der Waals surface area contributed by atoms with Crippen LogP contribution in [0.25, 0.3) is 17.0 Å². The highest BCUT2D eigenvalue weighted by atomic mass is 19.3. The van der Waals surface area contributed by atoms with Crippen LogP contribution in [0, 0.1) is 0 Å². The molecule has 0 atom stereocenters. The fourth-order valence-electron chi connectivity index (χ4n) is 4.49. The summed E-state index contributed by atoms with van der Waals surface area (Å²) in [5, 5.41) is 3.07. The summed E-state index contributed by atoms with van der Waals surface area (Å²) >= 11 is 0. The number of hydrogen-bond acceptors (Lipinski definition) is 12. The molecule has 2 aliphatic rings. The third kappa shape index (κ3) is 5.90. The molecule has 0 spiro atoms. The average molecular weight is 555 g/mol. The van der Waals surface area contributed by atoms with Crippen molar-refractivity contribution in [3.63, 3.8) is 0 Å². The van der Waals surface area contributed by atoms with Gasteiger partial charge < -0.3 is 24.4 Å². The summed E-state index contributed by atoms with van der Waals surface area (Å²) in [6.45, 7) is 6.52. The van der Waals surface area contributed by atoms with Crippen molar-refractivity contribution >= 4 is 28.6 Å². The van der Waals surface area contributed by atoms with Gasteiger partial charge >= 0.3 is 6.01 Å². The monoisotopic (exact) mass is 554 g/mol. The molecule has 0 saturated carbocycles. The van der Waals surface area contributed by atoms with Crippen LogP contribution in [0.4, 0.5) is 26.4 Å². The van der Waals surface area contributed by atoms with Gasteiger partial charge in [-0.25, -0.2) is 23.7 Å². The van der Waals surface area contributed by atoms with E-state index in [4.69, 9.17) is 14.2 Å². The summed E-state index contributed by atoms with van der Waals surface area (Å²) in [4.78, 5) is 30.4. The standard InChI is InChI=1S/C25H28F2N10O3/c26-20(27)21-31-18-3-1-2-4-19(18)37(21)24-33-22(32-23(34-24)36-8-12-39-13-9-36)30-17-15-28-25(29-16-17)40-14-7-35-5-10-38-11-6-35/h1-4,15-16,20H,5-14H2,(H,30,32,33,34). The van der Waals surface area contributed by atoms with Gasteiger partial charge in [0.1, 0.15) is 6.61 Å². The highest BCUT2D eigenvalue weighted by molar-refractivity contribution is 5.77. The van der Waals surface area contributed by atoms with Gasteiger partial charge in [-0.15, -0.1) is 0 Å². The van der Waals surface area contributed by atoms with E-state index in [9.17, 15) is 8.78 Å². The Balaban J connectivity index is 1.26. The topological polar surface area (TPSA) is 128 Å². The smallest absolute Gasteiger partial charge is 0.316 e. The summed E-state index contributed by atoms with van der Waals surface area (Å²) in [5.41, 5.74) is 1.37. The third-order valence-corrected chi connectivity index (χ3v) is 6.51. The van der Waals surface area contributed by atoms with E-state index >= 15 is 0 Å². The number of alkyl halides is 2. The predicted octanol–water partition coefficient (Wildman–Crippen LogP) is 2.23. The molecule has 2 saturated heterocycles. The van der Waals surface area contributed by atoms with Gasteiger partial charge in [-0.05, 0) is 12.1 Å². The van der Waals surface area contributed by atoms with Gasteiger partial charge in [-0.2, -0.15) is 15.0 Å². The Morgan fingerprint density at radius 3 is 2.33 bits per heavy atom. The van der Waals surface area contributed by atoms with E-state index in [0.717, 1.165) is 32.8 Å². The van der Waals surface area contributed by atoms with E-state index in [1.807, 2.05) is 4.90 Å². The van der Waals surface area contributed by atoms with Crippen LogP contribution >= 0.6 is 0 Å². The zero-order valence-electron chi connectivity index (χ0n) is 21.6. The Kier molecular flexibility index (Phi) is 7.83. The second kappa shape index (κ2) is 12.0. The molecule has 13 nitrogen and oxygen atoms in total. The number of aromatic nitrogens is 7. The third-order valence-electron chi connectivity index (χ3n) is 6.51. The molecular weight excluding hydrogens is 526 g/mol. The number of imidazole rings is 1. The maximum Gasteiger partial charge on any atom is 0.316 e. The summed E-state index contributed by atoms with van der Waals surface area (Å²) in [7, 11) is 0. The van der Waals surface area contributed by atoms with Crippen LogP contribution in [0.15, 0.2) is 36.7 Å². The molecule has 4 aromatic rings. The number of para-hydroxylation sites is 2. The van der Waals surface area contributed by atoms with Crippen LogP contribution in [0.5, 0.6) is 6.01 Å². The molecule has 15 heteroatoms. The molecule has 2 fully saturated rings. The van der Waals surface area contributed by atoms with Crippen LogP contribution in [-0.4, -0.2) is 105 Å². The van der Waals surface area contributed by atoms with Crippen LogP contribution in [0.3, 0.4) is 0 Å². The summed E-state index contributed by atoms with van der Waals surface area (Å²) in [6.07, 6.45) is 0.259. The first kappa shape index (κ1) is 26.2. The molecule has 210 valence electrons. The number of anilines is 3. The Bertz CT molecular complexity index is 1430. The van der Waals surface area contributed by atoms with Gasteiger partial charge in [0.05, 0.1) is 55.5 Å².